The fraction of sp³-hybridized carbons (Fsp3) is 0.407. The van der Waals surface area contributed by atoms with Crippen molar-refractivity contribution in [2.75, 3.05) is 31.3 Å². The highest BCUT2D eigenvalue weighted by Gasteiger charge is 2.31. The fourth-order valence-corrected chi connectivity index (χ4v) is 4.53. The number of hydrogen-bond donors (Lipinski definition) is 0. The van der Waals surface area contributed by atoms with Gasteiger partial charge in [0.2, 0.25) is 0 Å². The molecule has 0 spiro atoms. The minimum absolute atomic E-state index is 0.146. The molecular formula is C27H28FN3O3. The Morgan fingerprint density at radius 2 is 1.88 bits per heavy atom. The third-order valence-electron chi connectivity index (χ3n) is 6.26. The Labute approximate surface area is 198 Å². The third kappa shape index (κ3) is 3.87. The molecule has 5 rings (SSSR count). The summed E-state index contributed by atoms with van der Waals surface area (Å²) in [6.45, 7) is 10.3. The molecule has 0 unspecified atom stereocenters. The van der Waals surface area contributed by atoms with Gasteiger partial charge >= 0.3 is 5.69 Å². The van der Waals surface area contributed by atoms with E-state index in [4.69, 9.17) is 9.47 Å². The number of ether oxygens (including phenoxy) is 2. The summed E-state index contributed by atoms with van der Waals surface area (Å²) in [5.41, 5.74) is 1.98. The van der Waals surface area contributed by atoms with Crippen LogP contribution in [0.5, 0.6) is 0 Å². The molecule has 0 N–H and O–H groups in total. The maximum Gasteiger partial charge on any atom is 0.350 e. The fourth-order valence-electron chi connectivity index (χ4n) is 4.53. The SMILES string of the molecule is CC1(C#Cc2cccc3c2COCCN3c2nc(=O)n(C(C)(C)C)c3cccc(F)c23)COC1. The third-order valence-corrected chi connectivity index (χ3v) is 6.26. The minimum atomic E-state index is -0.557. The van der Waals surface area contributed by atoms with Crippen LogP contribution in [0.1, 0.15) is 38.8 Å². The molecule has 1 fully saturated rings. The van der Waals surface area contributed by atoms with Gasteiger partial charge in [-0.2, -0.15) is 4.98 Å². The van der Waals surface area contributed by atoms with Gasteiger partial charge in [0.25, 0.3) is 0 Å². The van der Waals surface area contributed by atoms with Crippen molar-refractivity contribution in [3.05, 3.63) is 63.8 Å². The number of nitrogens with zero attached hydrogens (tertiary/aromatic N) is 3. The van der Waals surface area contributed by atoms with Crippen molar-refractivity contribution in [1.82, 2.24) is 9.55 Å². The molecule has 2 aliphatic heterocycles. The standard InChI is InChI=1S/C27H28FN3O3/c1-26(2,3)31-22-10-6-8-20(28)23(22)24(29-25(31)32)30-13-14-33-15-19-18(7-5-9-21(19)30)11-12-27(4)16-34-17-27/h5-10H,13-17H2,1-4H3. The average Bonchev–Trinajstić information content (AvgIpc) is 2.98. The zero-order valence-electron chi connectivity index (χ0n) is 19.9. The number of anilines is 2. The van der Waals surface area contributed by atoms with Gasteiger partial charge in [0, 0.05) is 28.9 Å². The molecule has 0 amide bonds. The molecular weight excluding hydrogens is 433 g/mol. The van der Waals surface area contributed by atoms with E-state index in [2.05, 4.69) is 23.7 Å². The van der Waals surface area contributed by atoms with Crippen LogP contribution < -0.4 is 10.6 Å². The topological polar surface area (TPSA) is 56.6 Å². The molecule has 0 radical (unpaired) electrons. The van der Waals surface area contributed by atoms with Crippen molar-refractivity contribution >= 4 is 22.4 Å². The van der Waals surface area contributed by atoms with Crippen LogP contribution in [0.15, 0.2) is 41.2 Å². The number of aromatic nitrogens is 2. The van der Waals surface area contributed by atoms with Crippen molar-refractivity contribution in [3.63, 3.8) is 0 Å². The summed E-state index contributed by atoms with van der Waals surface area (Å²) in [5.74, 6) is 6.52. The van der Waals surface area contributed by atoms with E-state index in [0.717, 1.165) is 16.8 Å². The average molecular weight is 462 g/mol. The number of benzene rings is 2. The summed E-state index contributed by atoms with van der Waals surface area (Å²) in [5, 5.41) is 0.320. The summed E-state index contributed by atoms with van der Waals surface area (Å²) in [6, 6.07) is 10.6. The lowest BCUT2D eigenvalue weighted by Crippen LogP contribution is -2.38. The molecule has 0 bridgehead atoms. The van der Waals surface area contributed by atoms with E-state index in [1.54, 1.807) is 16.7 Å². The van der Waals surface area contributed by atoms with Crippen LogP contribution in [0.4, 0.5) is 15.9 Å². The summed E-state index contributed by atoms with van der Waals surface area (Å²) in [4.78, 5) is 19.5. The summed E-state index contributed by atoms with van der Waals surface area (Å²) in [6.07, 6.45) is 0. The van der Waals surface area contributed by atoms with Crippen molar-refractivity contribution in [2.24, 2.45) is 5.41 Å². The van der Waals surface area contributed by atoms with Crippen molar-refractivity contribution in [3.8, 4) is 11.8 Å². The Morgan fingerprint density at radius 3 is 2.59 bits per heavy atom. The van der Waals surface area contributed by atoms with Gasteiger partial charge in [0.05, 0.1) is 42.7 Å². The maximum atomic E-state index is 15.3. The van der Waals surface area contributed by atoms with Gasteiger partial charge < -0.3 is 14.4 Å². The Kier molecular flexibility index (Phi) is 5.46. The minimum Gasteiger partial charge on any atom is -0.378 e. The number of rotatable bonds is 1. The van der Waals surface area contributed by atoms with E-state index in [1.165, 1.54) is 6.07 Å². The van der Waals surface area contributed by atoms with Gasteiger partial charge in [-0.1, -0.05) is 24.0 Å². The van der Waals surface area contributed by atoms with Gasteiger partial charge in [0.1, 0.15) is 5.82 Å². The summed E-state index contributed by atoms with van der Waals surface area (Å²) >= 11 is 0. The Hall–Kier alpha value is -3.21. The van der Waals surface area contributed by atoms with E-state index in [0.29, 0.717) is 49.7 Å². The van der Waals surface area contributed by atoms with Gasteiger partial charge in [-0.3, -0.25) is 4.57 Å². The molecule has 0 aliphatic carbocycles. The van der Waals surface area contributed by atoms with Gasteiger partial charge in [-0.05, 0) is 52.0 Å². The quantitative estimate of drug-likeness (QED) is 0.505. The van der Waals surface area contributed by atoms with E-state index in [9.17, 15) is 4.79 Å². The van der Waals surface area contributed by atoms with Crippen molar-refractivity contribution in [1.29, 1.82) is 0 Å². The van der Waals surface area contributed by atoms with Crippen LogP contribution in [0, 0.1) is 23.1 Å². The molecule has 2 aromatic carbocycles. The first kappa shape index (κ1) is 22.6. The lowest BCUT2D eigenvalue weighted by Gasteiger charge is -2.32. The Bertz CT molecular complexity index is 1390. The predicted molar refractivity (Wildman–Crippen MR) is 130 cm³/mol. The molecule has 0 atom stereocenters. The second-order valence-electron chi connectivity index (χ2n) is 10.2. The molecule has 3 heterocycles. The summed E-state index contributed by atoms with van der Waals surface area (Å²) in [7, 11) is 0. The Morgan fingerprint density at radius 1 is 1.12 bits per heavy atom. The van der Waals surface area contributed by atoms with Crippen molar-refractivity contribution < 1.29 is 13.9 Å². The molecule has 2 aliphatic rings. The van der Waals surface area contributed by atoms with Crippen LogP contribution in [-0.2, 0) is 21.6 Å². The molecule has 0 saturated carbocycles. The molecule has 1 aromatic heterocycles. The highest BCUT2D eigenvalue weighted by Crippen LogP contribution is 2.37. The van der Waals surface area contributed by atoms with Crippen LogP contribution in [0.3, 0.4) is 0 Å². The monoisotopic (exact) mass is 461 g/mol. The smallest absolute Gasteiger partial charge is 0.350 e. The largest absolute Gasteiger partial charge is 0.378 e. The van der Waals surface area contributed by atoms with Gasteiger partial charge in [-0.15, -0.1) is 0 Å². The molecule has 3 aromatic rings. The maximum absolute atomic E-state index is 15.3. The van der Waals surface area contributed by atoms with E-state index < -0.39 is 17.0 Å². The van der Waals surface area contributed by atoms with Gasteiger partial charge in [-0.25, -0.2) is 9.18 Å². The number of hydrogen-bond acceptors (Lipinski definition) is 5. The molecule has 176 valence electrons. The van der Waals surface area contributed by atoms with Crippen LogP contribution in [0.25, 0.3) is 10.9 Å². The number of halogens is 1. The Balaban J connectivity index is 1.72. The first-order valence-electron chi connectivity index (χ1n) is 11.5. The summed E-state index contributed by atoms with van der Waals surface area (Å²) < 4.78 is 28.1. The normalized spacial score (nSPS) is 17.4. The van der Waals surface area contributed by atoms with Crippen LogP contribution >= 0.6 is 0 Å². The first-order valence-corrected chi connectivity index (χ1v) is 11.5. The van der Waals surface area contributed by atoms with E-state index >= 15 is 4.39 Å². The lowest BCUT2D eigenvalue weighted by atomic mass is 9.89. The van der Waals surface area contributed by atoms with Crippen molar-refractivity contribution in [2.45, 2.75) is 39.8 Å². The molecule has 6 nitrogen and oxygen atoms in total. The molecule has 1 saturated heterocycles. The first-order chi connectivity index (χ1) is 16.2. The zero-order chi connectivity index (χ0) is 24.1. The zero-order valence-corrected chi connectivity index (χ0v) is 19.9. The molecule has 7 heteroatoms. The second-order valence-corrected chi connectivity index (χ2v) is 10.2. The molecule has 34 heavy (non-hydrogen) atoms. The lowest BCUT2D eigenvalue weighted by molar-refractivity contribution is -0.0648. The number of fused-ring (bicyclic) bond motifs is 2. The highest BCUT2D eigenvalue weighted by molar-refractivity contribution is 5.93. The van der Waals surface area contributed by atoms with E-state index in [1.807, 2.05) is 43.9 Å². The van der Waals surface area contributed by atoms with Gasteiger partial charge in [0.15, 0.2) is 5.82 Å². The highest BCUT2D eigenvalue weighted by atomic mass is 19.1. The van der Waals surface area contributed by atoms with Crippen LogP contribution in [-0.4, -0.2) is 35.9 Å². The second kappa shape index (κ2) is 8.23. The van der Waals surface area contributed by atoms with E-state index in [-0.39, 0.29) is 5.41 Å². The van der Waals surface area contributed by atoms with Crippen LogP contribution in [0.2, 0.25) is 0 Å². The predicted octanol–water partition coefficient (Wildman–Crippen LogP) is 4.35.